The van der Waals surface area contributed by atoms with Crippen molar-refractivity contribution in [2.75, 3.05) is 39.2 Å². The van der Waals surface area contributed by atoms with Gasteiger partial charge in [-0.05, 0) is 49.2 Å². The second kappa shape index (κ2) is 9.80. The Morgan fingerprint density at radius 2 is 1.55 bits per heavy atom. The molecule has 1 aliphatic heterocycles. The Balaban J connectivity index is 1.57. The Labute approximate surface area is 181 Å². The lowest BCUT2D eigenvalue weighted by molar-refractivity contribution is -0.119. The van der Waals surface area contributed by atoms with Gasteiger partial charge in [0, 0.05) is 24.8 Å². The number of nitrogens with zero attached hydrogens (tertiary/aromatic N) is 1. The first-order valence-corrected chi connectivity index (χ1v) is 11.1. The summed E-state index contributed by atoms with van der Waals surface area (Å²) in [5, 5.41) is 2.57. The van der Waals surface area contributed by atoms with Crippen molar-refractivity contribution < 1.29 is 32.2 Å². The molecule has 3 rings (SSSR count). The molecule has 0 spiro atoms. The maximum absolute atomic E-state index is 12.5. The average molecular weight is 448 g/mol. The van der Waals surface area contributed by atoms with Crippen LogP contribution in [-0.4, -0.2) is 58.5 Å². The highest BCUT2D eigenvalue weighted by Crippen LogP contribution is 2.24. The van der Waals surface area contributed by atoms with E-state index < -0.39 is 28.5 Å². The predicted molar refractivity (Wildman–Crippen MR) is 113 cm³/mol. The fraction of sp³-hybridized carbons (Fsp3) is 0.333. The largest absolute Gasteiger partial charge is 0.497 e. The molecular formula is C21H24N2O7S. The molecule has 0 unspecified atom stereocenters. The summed E-state index contributed by atoms with van der Waals surface area (Å²) < 4.78 is 41.8. The third-order valence-corrected chi connectivity index (χ3v) is 6.68. The van der Waals surface area contributed by atoms with E-state index in [1.807, 2.05) is 0 Å². The minimum Gasteiger partial charge on any atom is -0.497 e. The lowest BCUT2D eigenvalue weighted by atomic mass is 10.2. The summed E-state index contributed by atoms with van der Waals surface area (Å²) >= 11 is 0. The van der Waals surface area contributed by atoms with Crippen LogP contribution in [0.3, 0.4) is 0 Å². The number of amides is 1. The molecule has 31 heavy (non-hydrogen) atoms. The van der Waals surface area contributed by atoms with E-state index in [1.165, 1.54) is 54.9 Å². The highest BCUT2D eigenvalue weighted by Gasteiger charge is 2.27. The molecule has 2 aromatic rings. The van der Waals surface area contributed by atoms with Gasteiger partial charge in [0.15, 0.2) is 6.61 Å². The van der Waals surface area contributed by atoms with Crippen LogP contribution < -0.4 is 14.8 Å². The van der Waals surface area contributed by atoms with Gasteiger partial charge in [-0.15, -0.1) is 0 Å². The van der Waals surface area contributed by atoms with Gasteiger partial charge in [-0.25, -0.2) is 13.2 Å². The summed E-state index contributed by atoms with van der Waals surface area (Å²) in [5.41, 5.74) is 0.574. The van der Waals surface area contributed by atoms with Gasteiger partial charge in [-0.1, -0.05) is 0 Å². The van der Waals surface area contributed by atoms with Gasteiger partial charge in [-0.2, -0.15) is 4.31 Å². The quantitative estimate of drug-likeness (QED) is 0.617. The Bertz CT molecular complexity index is 1020. The van der Waals surface area contributed by atoms with Gasteiger partial charge < -0.3 is 19.5 Å². The van der Waals surface area contributed by atoms with E-state index in [0.717, 1.165) is 12.8 Å². The van der Waals surface area contributed by atoms with E-state index in [2.05, 4.69) is 5.32 Å². The normalized spacial score (nSPS) is 14.1. The number of carbonyl (C=O) groups is 2. The van der Waals surface area contributed by atoms with Gasteiger partial charge in [0.05, 0.1) is 24.7 Å². The smallest absolute Gasteiger partial charge is 0.338 e. The SMILES string of the molecule is COc1cc(OC)cc(C(=O)OCC(=O)Nc2ccc(S(=O)(=O)N3CCCC3)cc2)c1. The van der Waals surface area contributed by atoms with E-state index in [1.54, 1.807) is 6.07 Å². The van der Waals surface area contributed by atoms with Crippen LogP contribution in [-0.2, 0) is 19.6 Å². The number of ether oxygens (including phenoxy) is 3. The number of anilines is 1. The number of sulfonamides is 1. The molecule has 1 N–H and O–H groups in total. The number of hydrogen-bond acceptors (Lipinski definition) is 7. The summed E-state index contributed by atoms with van der Waals surface area (Å²) in [6, 6.07) is 10.4. The lowest BCUT2D eigenvalue weighted by Gasteiger charge is -2.15. The molecule has 1 heterocycles. The molecule has 0 aromatic heterocycles. The Morgan fingerprint density at radius 3 is 2.10 bits per heavy atom. The lowest BCUT2D eigenvalue weighted by Crippen LogP contribution is -2.27. The molecule has 1 saturated heterocycles. The summed E-state index contributed by atoms with van der Waals surface area (Å²) in [4.78, 5) is 24.5. The molecule has 0 bridgehead atoms. The molecular weight excluding hydrogens is 424 g/mol. The van der Waals surface area contributed by atoms with E-state index in [-0.39, 0.29) is 10.5 Å². The Morgan fingerprint density at radius 1 is 0.968 bits per heavy atom. The van der Waals surface area contributed by atoms with Crippen LogP contribution >= 0.6 is 0 Å². The fourth-order valence-electron chi connectivity index (χ4n) is 3.12. The number of rotatable bonds is 8. The van der Waals surface area contributed by atoms with Crippen molar-refractivity contribution in [2.45, 2.75) is 17.7 Å². The minimum absolute atomic E-state index is 0.172. The second-order valence-electron chi connectivity index (χ2n) is 6.86. The maximum atomic E-state index is 12.5. The maximum Gasteiger partial charge on any atom is 0.338 e. The monoisotopic (exact) mass is 448 g/mol. The first-order valence-electron chi connectivity index (χ1n) is 9.64. The van der Waals surface area contributed by atoms with Crippen molar-refractivity contribution in [3.05, 3.63) is 48.0 Å². The molecule has 1 amide bonds. The number of carbonyl (C=O) groups excluding carboxylic acids is 2. The summed E-state index contributed by atoms with van der Waals surface area (Å²) in [5.74, 6) is -0.433. The molecule has 2 aromatic carbocycles. The van der Waals surface area contributed by atoms with E-state index >= 15 is 0 Å². The number of nitrogens with one attached hydrogen (secondary N) is 1. The zero-order chi connectivity index (χ0) is 22.4. The molecule has 9 nitrogen and oxygen atoms in total. The number of esters is 1. The second-order valence-corrected chi connectivity index (χ2v) is 8.80. The minimum atomic E-state index is -3.52. The van der Waals surface area contributed by atoms with Crippen LogP contribution in [0.4, 0.5) is 5.69 Å². The molecule has 0 aliphatic carbocycles. The predicted octanol–water partition coefficient (Wildman–Crippen LogP) is 2.28. The first kappa shape index (κ1) is 22.6. The van der Waals surface area contributed by atoms with Crippen molar-refractivity contribution in [1.29, 1.82) is 0 Å². The Hall–Kier alpha value is -3.11. The van der Waals surface area contributed by atoms with Crippen molar-refractivity contribution in [1.82, 2.24) is 4.31 Å². The van der Waals surface area contributed by atoms with Gasteiger partial charge in [-0.3, -0.25) is 4.79 Å². The van der Waals surface area contributed by atoms with Crippen molar-refractivity contribution >= 4 is 27.6 Å². The topological polar surface area (TPSA) is 111 Å². The molecule has 0 atom stereocenters. The third kappa shape index (κ3) is 5.53. The van der Waals surface area contributed by atoms with Gasteiger partial charge in [0.1, 0.15) is 11.5 Å². The highest BCUT2D eigenvalue weighted by atomic mass is 32.2. The summed E-state index contributed by atoms with van der Waals surface area (Å²) in [7, 11) is -0.602. The fourth-order valence-corrected chi connectivity index (χ4v) is 4.64. The van der Waals surface area contributed by atoms with Crippen LogP contribution in [0.1, 0.15) is 23.2 Å². The van der Waals surface area contributed by atoms with E-state index in [9.17, 15) is 18.0 Å². The van der Waals surface area contributed by atoms with Crippen LogP contribution in [0, 0.1) is 0 Å². The summed E-state index contributed by atoms with van der Waals surface area (Å²) in [6.45, 7) is 0.531. The molecule has 10 heteroatoms. The Kier molecular flexibility index (Phi) is 7.13. The van der Waals surface area contributed by atoms with Crippen LogP contribution in [0.5, 0.6) is 11.5 Å². The van der Waals surface area contributed by atoms with Crippen molar-refractivity contribution in [2.24, 2.45) is 0 Å². The van der Waals surface area contributed by atoms with E-state index in [4.69, 9.17) is 14.2 Å². The molecule has 0 radical (unpaired) electrons. The van der Waals surface area contributed by atoms with Gasteiger partial charge in [0.2, 0.25) is 10.0 Å². The summed E-state index contributed by atoms with van der Waals surface area (Å²) in [6.07, 6.45) is 1.71. The highest BCUT2D eigenvalue weighted by molar-refractivity contribution is 7.89. The number of methoxy groups -OCH3 is 2. The third-order valence-electron chi connectivity index (χ3n) is 4.76. The van der Waals surface area contributed by atoms with Crippen LogP contribution in [0.2, 0.25) is 0 Å². The van der Waals surface area contributed by atoms with Gasteiger partial charge >= 0.3 is 5.97 Å². The zero-order valence-corrected chi connectivity index (χ0v) is 18.1. The molecule has 1 aliphatic rings. The zero-order valence-electron chi connectivity index (χ0n) is 17.3. The molecule has 166 valence electrons. The van der Waals surface area contributed by atoms with Crippen LogP contribution in [0.15, 0.2) is 47.4 Å². The standard InChI is InChI=1S/C21H24N2O7S/c1-28-17-11-15(12-18(13-17)29-2)21(25)30-14-20(24)22-16-5-7-19(8-6-16)31(26,27)23-9-3-4-10-23/h5-8,11-13H,3-4,9-10,14H2,1-2H3,(H,22,24). The molecule has 0 saturated carbocycles. The van der Waals surface area contributed by atoms with Gasteiger partial charge in [0.25, 0.3) is 5.91 Å². The first-order chi connectivity index (χ1) is 14.8. The van der Waals surface area contributed by atoms with Crippen molar-refractivity contribution in [3.63, 3.8) is 0 Å². The molecule has 1 fully saturated rings. The average Bonchev–Trinajstić information content (AvgIpc) is 3.33. The number of hydrogen-bond donors (Lipinski definition) is 1. The van der Waals surface area contributed by atoms with Crippen LogP contribution in [0.25, 0.3) is 0 Å². The number of benzene rings is 2. The van der Waals surface area contributed by atoms with E-state index in [0.29, 0.717) is 30.3 Å². The van der Waals surface area contributed by atoms with Crippen molar-refractivity contribution in [3.8, 4) is 11.5 Å².